The van der Waals surface area contributed by atoms with Crippen LogP contribution in [0.25, 0.3) is 0 Å². The normalized spacial score (nSPS) is 9.69. The Morgan fingerprint density at radius 2 is 2.31 bits per heavy atom. The van der Waals surface area contributed by atoms with Crippen molar-refractivity contribution in [3.8, 4) is 12.3 Å². The Bertz CT molecular complexity index is 184. The monoisotopic (exact) mass is 182 g/mol. The Balaban J connectivity index is 3.48. The number of carbonyl (C=O) groups excluding carboxylic acids is 1. The Labute approximate surface area is 80.5 Å². The zero-order chi connectivity index (χ0) is 10.1. The number of hydrogen-bond acceptors (Lipinski definition) is 2. The van der Waals surface area contributed by atoms with Gasteiger partial charge in [-0.25, -0.2) is 0 Å². The van der Waals surface area contributed by atoms with E-state index in [0.717, 1.165) is 19.5 Å². The molecule has 74 valence electrons. The number of rotatable bonds is 6. The van der Waals surface area contributed by atoms with E-state index in [0.29, 0.717) is 13.0 Å². The molecule has 3 heteroatoms. The molecule has 1 amide bonds. The average molecular weight is 182 g/mol. The number of carbonyl (C=O) groups is 1. The molecule has 3 nitrogen and oxygen atoms in total. The maximum Gasteiger partial charge on any atom is 0.234 e. The van der Waals surface area contributed by atoms with Gasteiger partial charge < -0.3 is 5.32 Å². The second-order valence-electron chi connectivity index (χ2n) is 3.04. The minimum Gasteiger partial charge on any atom is -0.355 e. The lowest BCUT2D eigenvalue weighted by molar-refractivity contribution is -0.121. The largest absolute Gasteiger partial charge is 0.355 e. The molecule has 0 aromatic heterocycles. The third-order valence-electron chi connectivity index (χ3n) is 1.62. The fourth-order valence-corrected chi connectivity index (χ4v) is 0.900. The molecule has 0 saturated heterocycles. The summed E-state index contributed by atoms with van der Waals surface area (Å²) in [6.45, 7) is 3.99. The molecule has 0 unspecified atom stereocenters. The molecular weight excluding hydrogens is 164 g/mol. The van der Waals surface area contributed by atoms with Crippen LogP contribution in [0.1, 0.15) is 19.8 Å². The summed E-state index contributed by atoms with van der Waals surface area (Å²) in [7, 11) is 1.89. The van der Waals surface area contributed by atoms with E-state index in [9.17, 15) is 4.79 Å². The third-order valence-corrected chi connectivity index (χ3v) is 1.62. The highest BCUT2D eigenvalue weighted by Crippen LogP contribution is 1.85. The first-order chi connectivity index (χ1) is 6.20. The van der Waals surface area contributed by atoms with E-state index in [1.165, 1.54) is 0 Å². The van der Waals surface area contributed by atoms with Crippen LogP contribution in [-0.2, 0) is 4.79 Å². The first kappa shape index (κ1) is 12.0. The van der Waals surface area contributed by atoms with Gasteiger partial charge in [0.2, 0.25) is 5.91 Å². The Hall–Kier alpha value is -1.01. The van der Waals surface area contributed by atoms with Gasteiger partial charge in [0.15, 0.2) is 0 Å². The Morgan fingerprint density at radius 1 is 1.62 bits per heavy atom. The van der Waals surface area contributed by atoms with Gasteiger partial charge in [0.25, 0.3) is 0 Å². The third kappa shape index (κ3) is 7.35. The van der Waals surface area contributed by atoms with Crippen LogP contribution in [0.15, 0.2) is 0 Å². The summed E-state index contributed by atoms with van der Waals surface area (Å²) < 4.78 is 0. The lowest BCUT2D eigenvalue weighted by Gasteiger charge is -2.14. The summed E-state index contributed by atoms with van der Waals surface area (Å²) in [5, 5.41) is 2.81. The van der Waals surface area contributed by atoms with Gasteiger partial charge in [-0.1, -0.05) is 6.92 Å². The molecule has 0 fully saturated rings. The summed E-state index contributed by atoms with van der Waals surface area (Å²) in [4.78, 5) is 13.1. The van der Waals surface area contributed by atoms with Crippen LogP contribution in [0, 0.1) is 12.3 Å². The molecule has 0 aliphatic carbocycles. The molecule has 0 aliphatic rings. The number of nitrogens with zero attached hydrogens (tertiary/aromatic N) is 1. The predicted molar refractivity (Wildman–Crippen MR) is 54.2 cm³/mol. The maximum absolute atomic E-state index is 11.2. The number of hydrogen-bond donors (Lipinski definition) is 1. The van der Waals surface area contributed by atoms with Crippen molar-refractivity contribution >= 4 is 5.91 Å². The van der Waals surface area contributed by atoms with Crippen molar-refractivity contribution in [3.63, 3.8) is 0 Å². The Morgan fingerprint density at radius 3 is 2.85 bits per heavy atom. The van der Waals surface area contributed by atoms with Crippen molar-refractivity contribution in [1.82, 2.24) is 10.2 Å². The second-order valence-corrected chi connectivity index (χ2v) is 3.04. The quantitative estimate of drug-likeness (QED) is 0.606. The van der Waals surface area contributed by atoms with E-state index < -0.39 is 0 Å². The van der Waals surface area contributed by atoms with Gasteiger partial charge in [0.1, 0.15) is 0 Å². The average Bonchev–Trinajstić information content (AvgIpc) is 2.11. The van der Waals surface area contributed by atoms with Crippen LogP contribution in [0.4, 0.5) is 0 Å². The topological polar surface area (TPSA) is 32.3 Å². The van der Waals surface area contributed by atoms with Gasteiger partial charge in [0.05, 0.1) is 6.54 Å². The van der Waals surface area contributed by atoms with Crippen molar-refractivity contribution in [2.75, 3.05) is 26.7 Å². The molecular formula is C10H18N2O. The molecule has 0 bridgehead atoms. The van der Waals surface area contributed by atoms with Crippen molar-refractivity contribution < 1.29 is 4.79 Å². The number of likely N-dealkylation sites (N-methyl/N-ethyl adjacent to an activating group) is 1. The molecule has 13 heavy (non-hydrogen) atoms. The molecule has 0 spiro atoms. The zero-order valence-corrected chi connectivity index (χ0v) is 8.47. The Kier molecular flexibility index (Phi) is 7.04. The fourth-order valence-electron chi connectivity index (χ4n) is 0.900. The van der Waals surface area contributed by atoms with Crippen molar-refractivity contribution in [1.29, 1.82) is 0 Å². The van der Waals surface area contributed by atoms with Crippen molar-refractivity contribution in [2.24, 2.45) is 0 Å². The summed E-state index contributed by atoms with van der Waals surface area (Å²) in [5.74, 6) is 2.61. The number of terminal acetylenes is 1. The van der Waals surface area contributed by atoms with Crippen LogP contribution in [-0.4, -0.2) is 37.5 Å². The lowest BCUT2D eigenvalue weighted by Crippen LogP contribution is -2.35. The van der Waals surface area contributed by atoms with E-state index in [4.69, 9.17) is 6.42 Å². The van der Waals surface area contributed by atoms with Crippen LogP contribution in [0.5, 0.6) is 0 Å². The number of amides is 1. The molecule has 0 heterocycles. The summed E-state index contributed by atoms with van der Waals surface area (Å²) in [5.41, 5.74) is 0. The van der Waals surface area contributed by atoms with Crippen LogP contribution < -0.4 is 5.32 Å². The predicted octanol–water partition coefficient (Wildman–Crippen LogP) is 0.468. The van der Waals surface area contributed by atoms with E-state index in [1.807, 2.05) is 18.9 Å². The minimum absolute atomic E-state index is 0.0707. The summed E-state index contributed by atoms with van der Waals surface area (Å²) in [6, 6.07) is 0. The summed E-state index contributed by atoms with van der Waals surface area (Å²) >= 11 is 0. The van der Waals surface area contributed by atoms with E-state index in [1.54, 1.807) is 0 Å². The highest BCUT2D eigenvalue weighted by atomic mass is 16.1. The van der Waals surface area contributed by atoms with Crippen molar-refractivity contribution in [2.45, 2.75) is 19.8 Å². The van der Waals surface area contributed by atoms with Crippen LogP contribution >= 0.6 is 0 Å². The SMILES string of the molecule is C#CCCN(C)CC(=O)NCCC. The molecule has 0 radical (unpaired) electrons. The number of nitrogens with one attached hydrogen (secondary N) is 1. The molecule has 0 aromatic carbocycles. The molecule has 0 atom stereocenters. The standard InChI is InChI=1S/C10H18N2O/c1-4-6-8-12(3)9-10(13)11-7-5-2/h1H,5-9H2,2-3H3,(H,11,13). The highest BCUT2D eigenvalue weighted by molar-refractivity contribution is 5.77. The molecule has 0 rings (SSSR count). The van der Waals surface area contributed by atoms with Crippen LogP contribution in [0.2, 0.25) is 0 Å². The first-order valence-corrected chi connectivity index (χ1v) is 4.59. The molecule has 0 aliphatic heterocycles. The van der Waals surface area contributed by atoms with E-state index >= 15 is 0 Å². The minimum atomic E-state index is 0.0707. The van der Waals surface area contributed by atoms with Gasteiger partial charge >= 0.3 is 0 Å². The second kappa shape index (κ2) is 7.63. The smallest absolute Gasteiger partial charge is 0.234 e. The molecule has 0 saturated carbocycles. The zero-order valence-electron chi connectivity index (χ0n) is 8.47. The summed E-state index contributed by atoms with van der Waals surface area (Å²) in [6.07, 6.45) is 6.77. The van der Waals surface area contributed by atoms with Gasteiger partial charge in [-0.2, -0.15) is 0 Å². The highest BCUT2D eigenvalue weighted by Gasteiger charge is 2.03. The van der Waals surface area contributed by atoms with Gasteiger partial charge in [0, 0.05) is 19.5 Å². The maximum atomic E-state index is 11.2. The van der Waals surface area contributed by atoms with Gasteiger partial charge in [-0.3, -0.25) is 9.69 Å². The molecule has 0 aromatic rings. The van der Waals surface area contributed by atoms with Gasteiger partial charge in [-0.15, -0.1) is 12.3 Å². The lowest BCUT2D eigenvalue weighted by atomic mass is 10.4. The molecule has 1 N–H and O–H groups in total. The van der Waals surface area contributed by atoms with E-state index in [2.05, 4.69) is 11.2 Å². The van der Waals surface area contributed by atoms with Gasteiger partial charge in [-0.05, 0) is 13.5 Å². The van der Waals surface area contributed by atoms with Crippen LogP contribution in [0.3, 0.4) is 0 Å². The fraction of sp³-hybridized carbons (Fsp3) is 0.700. The van der Waals surface area contributed by atoms with E-state index in [-0.39, 0.29) is 5.91 Å². The first-order valence-electron chi connectivity index (χ1n) is 4.59. The van der Waals surface area contributed by atoms with Crippen molar-refractivity contribution in [3.05, 3.63) is 0 Å².